The lowest BCUT2D eigenvalue weighted by Gasteiger charge is -2.16. The van der Waals surface area contributed by atoms with Crippen molar-refractivity contribution in [1.29, 1.82) is 0 Å². The first-order chi connectivity index (χ1) is 12.2. The Hall–Kier alpha value is -2.28. The summed E-state index contributed by atoms with van der Waals surface area (Å²) in [6.07, 6.45) is 13.3. The summed E-state index contributed by atoms with van der Waals surface area (Å²) in [4.78, 5) is 24.0. The lowest BCUT2D eigenvalue weighted by Crippen LogP contribution is -2.43. The number of amides is 1. The Morgan fingerprint density at radius 1 is 1.08 bits per heavy atom. The minimum Gasteiger partial charge on any atom is -0.467 e. The zero-order valence-electron chi connectivity index (χ0n) is 15.1. The van der Waals surface area contributed by atoms with Gasteiger partial charge in [-0.15, -0.1) is 12.3 Å². The van der Waals surface area contributed by atoms with Gasteiger partial charge in [0.2, 0.25) is 5.91 Å². The van der Waals surface area contributed by atoms with Crippen molar-refractivity contribution in [2.75, 3.05) is 7.11 Å². The van der Waals surface area contributed by atoms with Crippen LogP contribution in [0.5, 0.6) is 0 Å². The maximum absolute atomic E-state index is 12.1. The largest absolute Gasteiger partial charge is 0.467 e. The van der Waals surface area contributed by atoms with Crippen LogP contribution in [0.25, 0.3) is 0 Å². The highest BCUT2D eigenvalue weighted by atomic mass is 16.5. The summed E-state index contributed by atoms with van der Waals surface area (Å²) in [6.45, 7) is 0. The molecule has 0 aromatic heterocycles. The van der Waals surface area contributed by atoms with E-state index in [2.05, 4.69) is 11.2 Å². The van der Waals surface area contributed by atoms with Crippen molar-refractivity contribution in [2.24, 2.45) is 0 Å². The Labute approximate surface area is 151 Å². The number of nitrogens with one attached hydrogen (secondary N) is 1. The number of terminal acetylenes is 1. The summed E-state index contributed by atoms with van der Waals surface area (Å²) in [5.74, 6) is 2.13. The summed E-state index contributed by atoms with van der Waals surface area (Å²) in [5.41, 5.74) is 0.991. The molecule has 0 bridgehead atoms. The van der Waals surface area contributed by atoms with Gasteiger partial charge in [0.05, 0.1) is 7.11 Å². The molecule has 1 rings (SSSR count). The third-order valence-corrected chi connectivity index (χ3v) is 4.08. The van der Waals surface area contributed by atoms with Gasteiger partial charge in [-0.2, -0.15) is 0 Å². The van der Waals surface area contributed by atoms with E-state index in [9.17, 15) is 9.59 Å². The average Bonchev–Trinajstić information content (AvgIpc) is 2.63. The van der Waals surface area contributed by atoms with Gasteiger partial charge in [0.25, 0.3) is 0 Å². The van der Waals surface area contributed by atoms with Gasteiger partial charge in [-0.25, -0.2) is 4.79 Å². The predicted molar refractivity (Wildman–Crippen MR) is 99.9 cm³/mol. The van der Waals surface area contributed by atoms with Crippen LogP contribution in [0.3, 0.4) is 0 Å². The molecule has 25 heavy (non-hydrogen) atoms. The van der Waals surface area contributed by atoms with E-state index in [1.165, 1.54) is 7.11 Å². The number of methoxy groups -OCH3 is 1. The van der Waals surface area contributed by atoms with Gasteiger partial charge in [-0.3, -0.25) is 4.79 Å². The fourth-order valence-electron chi connectivity index (χ4n) is 2.67. The van der Waals surface area contributed by atoms with Crippen LogP contribution in [-0.2, 0) is 20.7 Å². The number of ether oxygens (including phenoxy) is 1. The van der Waals surface area contributed by atoms with E-state index in [0.29, 0.717) is 12.8 Å². The van der Waals surface area contributed by atoms with Gasteiger partial charge in [-0.05, 0) is 18.4 Å². The number of unbranched alkanes of at least 4 members (excludes halogenated alkanes) is 6. The minimum absolute atomic E-state index is 0.0985. The molecule has 1 aromatic rings. The number of carbonyl (C=O) groups is 2. The van der Waals surface area contributed by atoms with E-state index in [1.807, 2.05) is 30.3 Å². The molecule has 0 spiro atoms. The van der Waals surface area contributed by atoms with E-state index in [0.717, 1.165) is 50.5 Å². The Balaban J connectivity index is 2.28. The Kier molecular flexibility index (Phi) is 10.8. The molecule has 136 valence electrons. The molecule has 0 radical (unpaired) electrons. The Bertz CT molecular complexity index is 548. The first kappa shape index (κ1) is 20.8. The van der Waals surface area contributed by atoms with Crippen LogP contribution in [0.4, 0.5) is 0 Å². The third-order valence-electron chi connectivity index (χ3n) is 4.08. The van der Waals surface area contributed by atoms with E-state index >= 15 is 0 Å². The molecule has 0 aliphatic rings. The molecule has 1 amide bonds. The minimum atomic E-state index is -0.635. The number of benzene rings is 1. The fraction of sp³-hybridized carbons (Fsp3) is 0.524. The van der Waals surface area contributed by atoms with Crippen LogP contribution >= 0.6 is 0 Å². The van der Waals surface area contributed by atoms with Crippen LogP contribution < -0.4 is 5.32 Å². The van der Waals surface area contributed by atoms with Crippen molar-refractivity contribution in [1.82, 2.24) is 5.32 Å². The van der Waals surface area contributed by atoms with Crippen molar-refractivity contribution in [2.45, 2.75) is 63.8 Å². The van der Waals surface area contributed by atoms with E-state index in [-0.39, 0.29) is 5.91 Å². The highest BCUT2D eigenvalue weighted by Crippen LogP contribution is 2.09. The fourth-order valence-corrected chi connectivity index (χ4v) is 2.67. The zero-order chi connectivity index (χ0) is 18.3. The smallest absolute Gasteiger partial charge is 0.328 e. The van der Waals surface area contributed by atoms with Gasteiger partial charge < -0.3 is 10.1 Å². The summed E-state index contributed by atoms with van der Waals surface area (Å²) < 4.78 is 4.81. The van der Waals surface area contributed by atoms with Gasteiger partial charge in [-0.1, -0.05) is 56.0 Å². The van der Waals surface area contributed by atoms with Gasteiger partial charge in [0.1, 0.15) is 6.04 Å². The highest BCUT2D eigenvalue weighted by molar-refractivity contribution is 5.84. The summed E-state index contributed by atoms with van der Waals surface area (Å²) in [5, 5.41) is 2.80. The normalized spacial score (nSPS) is 11.4. The summed E-state index contributed by atoms with van der Waals surface area (Å²) in [6, 6.07) is 8.97. The van der Waals surface area contributed by atoms with Crippen molar-refractivity contribution in [3.8, 4) is 12.3 Å². The molecule has 1 unspecified atom stereocenters. The molecule has 0 fully saturated rings. The zero-order valence-corrected chi connectivity index (χ0v) is 15.1. The molecule has 0 heterocycles. The van der Waals surface area contributed by atoms with E-state index < -0.39 is 12.0 Å². The summed E-state index contributed by atoms with van der Waals surface area (Å²) >= 11 is 0. The molecule has 0 saturated heterocycles. The van der Waals surface area contributed by atoms with Gasteiger partial charge >= 0.3 is 5.97 Å². The molecule has 1 atom stereocenters. The number of hydrogen-bond acceptors (Lipinski definition) is 3. The van der Waals surface area contributed by atoms with Gasteiger partial charge in [0.15, 0.2) is 0 Å². The lowest BCUT2D eigenvalue weighted by molar-refractivity contribution is -0.145. The number of hydrogen-bond donors (Lipinski definition) is 1. The summed E-state index contributed by atoms with van der Waals surface area (Å²) in [7, 11) is 1.34. The standard InChI is InChI=1S/C21H29NO3/c1-3-4-5-6-7-8-9-13-16-20(23)22-19(21(24)25-2)17-18-14-11-10-12-15-18/h1,10-12,14-15,19H,4-9,13,16-17H2,2H3,(H,22,23). The number of carbonyl (C=O) groups excluding carboxylic acids is 2. The predicted octanol–water partition coefficient (Wildman–Crippen LogP) is 3.64. The van der Waals surface area contributed by atoms with Crippen LogP contribution in [0, 0.1) is 12.3 Å². The molecule has 4 nitrogen and oxygen atoms in total. The quantitative estimate of drug-likeness (QED) is 0.358. The molecule has 1 aromatic carbocycles. The average molecular weight is 343 g/mol. The first-order valence-corrected chi connectivity index (χ1v) is 9.02. The number of rotatable bonds is 12. The van der Waals surface area contributed by atoms with E-state index in [1.54, 1.807) is 0 Å². The van der Waals surface area contributed by atoms with Crippen molar-refractivity contribution >= 4 is 11.9 Å². The number of esters is 1. The molecule has 0 aliphatic carbocycles. The molecule has 4 heteroatoms. The van der Waals surface area contributed by atoms with Crippen LogP contribution in [0.15, 0.2) is 30.3 Å². The maximum Gasteiger partial charge on any atom is 0.328 e. The maximum atomic E-state index is 12.1. The Morgan fingerprint density at radius 2 is 1.72 bits per heavy atom. The second-order valence-electron chi connectivity index (χ2n) is 6.16. The van der Waals surface area contributed by atoms with E-state index in [4.69, 9.17) is 11.2 Å². The molecular weight excluding hydrogens is 314 g/mol. The second-order valence-corrected chi connectivity index (χ2v) is 6.16. The molecular formula is C21H29NO3. The van der Waals surface area contributed by atoms with Crippen LogP contribution in [0.2, 0.25) is 0 Å². The van der Waals surface area contributed by atoms with Crippen LogP contribution in [-0.4, -0.2) is 25.0 Å². The van der Waals surface area contributed by atoms with Crippen molar-refractivity contribution in [3.05, 3.63) is 35.9 Å². The highest BCUT2D eigenvalue weighted by Gasteiger charge is 2.21. The molecule has 0 saturated carbocycles. The third kappa shape index (κ3) is 9.56. The molecule has 1 N–H and O–H groups in total. The monoisotopic (exact) mass is 343 g/mol. The van der Waals surface area contributed by atoms with Crippen molar-refractivity contribution in [3.63, 3.8) is 0 Å². The van der Waals surface area contributed by atoms with Crippen molar-refractivity contribution < 1.29 is 14.3 Å². The first-order valence-electron chi connectivity index (χ1n) is 9.02. The van der Waals surface area contributed by atoms with Crippen LogP contribution in [0.1, 0.15) is 56.9 Å². The lowest BCUT2D eigenvalue weighted by atomic mass is 10.1. The van der Waals surface area contributed by atoms with Gasteiger partial charge in [0, 0.05) is 19.3 Å². The second kappa shape index (κ2) is 13.1. The topological polar surface area (TPSA) is 55.4 Å². The SMILES string of the molecule is C#CCCCCCCCCC(=O)NC(Cc1ccccc1)C(=O)OC. The Morgan fingerprint density at radius 3 is 2.36 bits per heavy atom. The molecule has 0 aliphatic heterocycles.